The van der Waals surface area contributed by atoms with Crippen molar-refractivity contribution < 1.29 is 4.79 Å². The lowest BCUT2D eigenvalue weighted by Gasteiger charge is -2.04. The largest absolute Gasteiger partial charge is 0.287 e. The predicted molar refractivity (Wildman–Crippen MR) is 73.8 cm³/mol. The Morgan fingerprint density at radius 1 is 1.17 bits per heavy atom. The maximum atomic E-state index is 12.3. The maximum absolute atomic E-state index is 12.3. The number of carbonyl (C=O) groups excluding carboxylic acids is 1. The lowest BCUT2D eigenvalue weighted by atomic mass is 10.1. The van der Waals surface area contributed by atoms with Crippen LogP contribution in [0, 0.1) is 0 Å². The normalized spacial score (nSPS) is 13.4. The summed E-state index contributed by atoms with van der Waals surface area (Å²) in [4.78, 5) is 16.6. The molecule has 2 aromatic rings. The molecular weight excluding hydrogens is 290 g/mol. The number of benzene rings is 1. The number of aryl methyl sites for hydroxylation is 2. The SMILES string of the molecule is O=C(c1cccc(Br)c1)c1cc2c(cn1)CCC2. The van der Waals surface area contributed by atoms with Gasteiger partial charge in [0.25, 0.3) is 0 Å². The summed E-state index contributed by atoms with van der Waals surface area (Å²) < 4.78 is 0.912. The van der Waals surface area contributed by atoms with Gasteiger partial charge in [0.15, 0.2) is 0 Å². The predicted octanol–water partition coefficient (Wildman–Crippen LogP) is 3.56. The van der Waals surface area contributed by atoms with E-state index < -0.39 is 0 Å². The average molecular weight is 302 g/mol. The number of halogens is 1. The van der Waals surface area contributed by atoms with E-state index in [0.29, 0.717) is 11.3 Å². The molecule has 1 aliphatic rings. The minimum atomic E-state index is -0.00833. The third-order valence-corrected chi connectivity index (χ3v) is 3.79. The van der Waals surface area contributed by atoms with Crippen molar-refractivity contribution in [2.24, 2.45) is 0 Å². The summed E-state index contributed by atoms with van der Waals surface area (Å²) in [5, 5.41) is 0. The van der Waals surface area contributed by atoms with Crippen LogP contribution in [-0.2, 0) is 12.8 Å². The Morgan fingerprint density at radius 3 is 2.83 bits per heavy atom. The molecular formula is C15H12BrNO. The van der Waals surface area contributed by atoms with Gasteiger partial charge < -0.3 is 0 Å². The van der Waals surface area contributed by atoms with Crippen molar-refractivity contribution in [3.05, 3.63) is 63.4 Å². The highest BCUT2D eigenvalue weighted by molar-refractivity contribution is 9.10. The number of aromatic nitrogens is 1. The van der Waals surface area contributed by atoms with Gasteiger partial charge in [0, 0.05) is 16.2 Å². The van der Waals surface area contributed by atoms with Crippen LogP contribution in [0.25, 0.3) is 0 Å². The van der Waals surface area contributed by atoms with Gasteiger partial charge in [-0.1, -0.05) is 28.1 Å². The molecule has 0 unspecified atom stereocenters. The molecule has 1 aromatic heterocycles. The van der Waals surface area contributed by atoms with E-state index in [1.54, 1.807) is 0 Å². The Morgan fingerprint density at radius 2 is 2.00 bits per heavy atom. The highest BCUT2D eigenvalue weighted by Crippen LogP contribution is 2.22. The molecule has 18 heavy (non-hydrogen) atoms. The van der Waals surface area contributed by atoms with Crippen LogP contribution in [0.3, 0.4) is 0 Å². The smallest absolute Gasteiger partial charge is 0.211 e. The fourth-order valence-corrected chi connectivity index (χ4v) is 2.75. The number of carbonyl (C=O) groups is 1. The molecule has 0 saturated heterocycles. The van der Waals surface area contributed by atoms with E-state index in [0.717, 1.165) is 17.3 Å². The third-order valence-electron chi connectivity index (χ3n) is 3.29. The van der Waals surface area contributed by atoms with E-state index in [9.17, 15) is 4.79 Å². The quantitative estimate of drug-likeness (QED) is 0.794. The molecule has 0 fully saturated rings. The Hall–Kier alpha value is -1.48. The summed E-state index contributed by atoms with van der Waals surface area (Å²) in [6.45, 7) is 0. The summed E-state index contributed by atoms with van der Waals surface area (Å²) in [5.41, 5.74) is 3.80. The van der Waals surface area contributed by atoms with Crippen LogP contribution in [0.1, 0.15) is 33.6 Å². The van der Waals surface area contributed by atoms with Gasteiger partial charge in [-0.3, -0.25) is 9.78 Å². The maximum Gasteiger partial charge on any atom is 0.211 e. The van der Waals surface area contributed by atoms with Crippen molar-refractivity contribution in [2.45, 2.75) is 19.3 Å². The first-order valence-corrected chi connectivity index (χ1v) is 6.81. The zero-order valence-electron chi connectivity index (χ0n) is 9.82. The van der Waals surface area contributed by atoms with Gasteiger partial charge in [0.05, 0.1) is 0 Å². The molecule has 0 bridgehead atoms. The molecule has 0 atom stereocenters. The molecule has 0 N–H and O–H groups in total. The van der Waals surface area contributed by atoms with Crippen LogP contribution in [-0.4, -0.2) is 10.8 Å². The molecule has 0 aliphatic heterocycles. The number of rotatable bonds is 2. The number of hydrogen-bond acceptors (Lipinski definition) is 2. The van der Waals surface area contributed by atoms with Crippen LogP contribution in [0.5, 0.6) is 0 Å². The molecule has 0 saturated carbocycles. The minimum Gasteiger partial charge on any atom is -0.287 e. The Bertz CT molecular complexity index is 622. The number of pyridine rings is 1. The average Bonchev–Trinajstić information content (AvgIpc) is 2.85. The fourth-order valence-electron chi connectivity index (χ4n) is 2.35. The minimum absolute atomic E-state index is 0.00833. The molecule has 2 nitrogen and oxygen atoms in total. The second kappa shape index (κ2) is 4.65. The molecule has 3 rings (SSSR count). The molecule has 0 radical (unpaired) electrons. The second-order valence-corrected chi connectivity index (χ2v) is 5.45. The lowest BCUT2D eigenvalue weighted by Crippen LogP contribution is -2.05. The van der Waals surface area contributed by atoms with E-state index in [4.69, 9.17) is 0 Å². The lowest BCUT2D eigenvalue weighted by molar-refractivity contribution is 0.103. The number of fused-ring (bicyclic) bond motifs is 1. The van der Waals surface area contributed by atoms with E-state index in [1.807, 2.05) is 36.5 Å². The molecule has 1 aromatic carbocycles. The zero-order chi connectivity index (χ0) is 12.5. The van der Waals surface area contributed by atoms with Gasteiger partial charge in [-0.05, 0) is 48.6 Å². The molecule has 0 amide bonds. The molecule has 3 heteroatoms. The molecule has 0 spiro atoms. The van der Waals surface area contributed by atoms with Crippen LogP contribution >= 0.6 is 15.9 Å². The van der Waals surface area contributed by atoms with Gasteiger partial charge in [0.2, 0.25) is 5.78 Å². The standard InChI is InChI=1S/C15H12BrNO/c16-13-6-2-4-11(7-13)15(18)14-8-10-3-1-5-12(10)9-17-14/h2,4,6-9H,1,3,5H2. The van der Waals surface area contributed by atoms with E-state index >= 15 is 0 Å². The van der Waals surface area contributed by atoms with Crippen molar-refractivity contribution in [1.82, 2.24) is 4.98 Å². The number of hydrogen-bond donors (Lipinski definition) is 0. The first-order valence-electron chi connectivity index (χ1n) is 6.02. The van der Waals surface area contributed by atoms with Gasteiger partial charge >= 0.3 is 0 Å². The van der Waals surface area contributed by atoms with Crippen molar-refractivity contribution in [2.75, 3.05) is 0 Å². The van der Waals surface area contributed by atoms with E-state index in [1.165, 1.54) is 17.5 Å². The number of ketones is 1. The zero-order valence-corrected chi connectivity index (χ0v) is 11.4. The monoisotopic (exact) mass is 301 g/mol. The first kappa shape index (κ1) is 11.6. The van der Waals surface area contributed by atoms with Gasteiger partial charge in [-0.15, -0.1) is 0 Å². The highest BCUT2D eigenvalue weighted by atomic mass is 79.9. The fraction of sp³-hybridized carbons (Fsp3) is 0.200. The summed E-state index contributed by atoms with van der Waals surface area (Å²) >= 11 is 3.38. The Balaban J connectivity index is 1.98. The van der Waals surface area contributed by atoms with Crippen molar-refractivity contribution >= 4 is 21.7 Å². The molecule has 90 valence electrons. The van der Waals surface area contributed by atoms with Crippen molar-refractivity contribution in [3.8, 4) is 0 Å². The Labute approximate surface area is 114 Å². The van der Waals surface area contributed by atoms with Crippen LogP contribution < -0.4 is 0 Å². The van der Waals surface area contributed by atoms with Gasteiger partial charge in [0.1, 0.15) is 5.69 Å². The summed E-state index contributed by atoms with van der Waals surface area (Å²) in [5.74, 6) is -0.00833. The van der Waals surface area contributed by atoms with Crippen LogP contribution in [0.4, 0.5) is 0 Å². The third kappa shape index (κ3) is 2.10. The summed E-state index contributed by atoms with van der Waals surface area (Å²) in [6, 6.07) is 9.38. The number of nitrogens with zero attached hydrogens (tertiary/aromatic N) is 1. The van der Waals surface area contributed by atoms with E-state index in [2.05, 4.69) is 20.9 Å². The molecule has 1 aliphatic carbocycles. The van der Waals surface area contributed by atoms with Crippen LogP contribution in [0.15, 0.2) is 41.0 Å². The summed E-state index contributed by atoms with van der Waals surface area (Å²) in [6.07, 6.45) is 5.18. The van der Waals surface area contributed by atoms with Gasteiger partial charge in [-0.2, -0.15) is 0 Å². The Kier molecular flexibility index (Phi) is 3.00. The van der Waals surface area contributed by atoms with Crippen LogP contribution in [0.2, 0.25) is 0 Å². The first-order chi connectivity index (χ1) is 8.74. The second-order valence-electron chi connectivity index (χ2n) is 4.53. The van der Waals surface area contributed by atoms with E-state index in [-0.39, 0.29) is 5.78 Å². The van der Waals surface area contributed by atoms with Gasteiger partial charge in [-0.25, -0.2) is 0 Å². The molecule has 1 heterocycles. The highest BCUT2D eigenvalue weighted by Gasteiger charge is 2.16. The summed E-state index contributed by atoms with van der Waals surface area (Å²) in [7, 11) is 0. The topological polar surface area (TPSA) is 30.0 Å². The van der Waals surface area contributed by atoms with Crippen molar-refractivity contribution in [1.29, 1.82) is 0 Å². The van der Waals surface area contributed by atoms with Crippen molar-refractivity contribution in [3.63, 3.8) is 0 Å².